The highest BCUT2D eigenvalue weighted by molar-refractivity contribution is 5.92. The number of carbonyl (C=O) groups excluding carboxylic acids is 1. The summed E-state index contributed by atoms with van der Waals surface area (Å²) in [5.41, 5.74) is 2.11. The minimum Gasteiger partial charge on any atom is -0.324 e. The third-order valence-corrected chi connectivity index (χ3v) is 4.41. The van der Waals surface area contributed by atoms with E-state index in [1.807, 2.05) is 58.3 Å². The van der Waals surface area contributed by atoms with Gasteiger partial charge >= 0.3 is 6.03 Å². The number of benzene rings is 2. The minimum absolute atomic E-state index is 0.117. The highest BCUT2D eigenvalue weighted by Gasteiger charge is 2.26. The van der Waals surface area contributed by atoms with Gasteiger partial charge in [0.25, 0.3) is 0 Å². The lowest BCUT2D eigenvalue weighted by Crippen LogP contribution is -2.47. The van der Waals surface area contributed by atoms with Gasteiger partial charge < -0.3 is 4.90 Å². The first-order chi connectivity index (χ1) is 11.2. The molecule has 3 nitrogen and oxygen atoms in total. The van der Waals surface area contributed by atoms with Gasteiger partial charge in [-0.1, -0.05) is 55.5 Å². The maximum atomic E-state index is 13.1. The predicted octanol–water partition coefficient (Wildman–Crippen LogP) is 4.55. The first kappa shape index (κ1) is 15.6. The molecule has 0 spiro atoms. The van der Waals surface area contributed by atoms with E-state index in [1.54, 1.807) is 0 Å². The average molecular weight is 308 g/mol. The number of amides is 2. The van der Waals surface area contributed by atoms with Crippen LogP contribution in [0.25, 0.3) is 0 Å². The number of para-hydroxylation sites is 1. The molecule has 23 heavy (non-hydrogen) atoms. The first-order valence-corrected chi connectivity index (χ1v) is 8.39. The minimum atomic E-state index is 0.117. The molecule has 1 unspecified atom stereocenters. The Morgan fingerprint density at radius 3 is 2.39 bits per heavy atom. The van der Waals surface area contributed by atoms with Crippen molar-refractivity contribution in [2.45, 2.75) is 26.3 Å². The predicted molar refractivity (Wildman–Crippen MR) is 94.4 cm³/mol. The van der Waals surface area contributed by atoms with Crippen molar-refractivity contribution >= 4 is 11.7 Å². The second-order valence-electron chi connectivity index (χ2n) is 6.38. The number of hydrogen-bond acceptors (Lipinski definition) is 1. The molecule has 1 heterocycles. The molecule has 1 aliphatic heterocycles. The molecule has 0 radical (unpaired) electrons. The fourth-order valence-electron chi connectivity index (χ4n) is 3.18. The lowest BCUT2D eigenvalue weighted by atomic mass is 10.0. The summed E-state index contributed by atoms with van der Waals surface area (Å²) in [6.45, 7) is 4.55. The molecule has 0 aromatic heterocycles. The van der Waals surface area contributed by atoms with Gasteiger partial charge in [0.15, 0.2) is 0 Å². The molecule has 120 valence electrons. The number of urea groups is 1. The highest BCUT2D eigenvalue weighted by Crippen LogP contribution is 2.22. The number of anilines is 1. The van der Waals surface area contributed by atoms with E-state index < -0.39 is 0 Å². The molecule has 2 amide bonds. The van der Waals surface area contributed by atoms with Crippen LogP contribution in [0.1, 0.15) is 25.3 Å². The van der Waals surface area contributed by atoms with Gasteiger partial charge in [-0.2, -0.15) is 0 Å². The van der Waals surface area contributed by atoms with Gasteiger partial charge in [-0.25, -0.2) is 4.79 Å². The lowest BCUT2D eigenvalue weighted by Gasteiger charge is -2.35. The van der Waals surface area contributed by atoms with Crippen LogP contribution in [-0.2, 0) is 6.54 Å². The molecule has 0 N–H and O–H groups in total. The number of nitrogens with zero attached hydrogens (tertiary/aromatic N) is 2. The molecule has 3 rings (SSSR count). The highest BCUT2D eigenvalue weighted by atomic mass is 16.2. The number of hydrogen-bond donors (Lipinski definition) is 0. The van der Waals surface area contributed by atoms with Crippen molar-refractivity contribution in [2.75, 3.05) is 18.0 Å². The maximum absolute atomic E-state index is 13.1. The summed E-state index contributed by atoms with van der Waals surface area (Å²) in [5.74, 6) is 0.585. The SMILES string of the molecule is CC1CCCN(C(=O)N(Cc2ccccc2)c2ccccc2)C1. The van der Waals surface area contributed by atoms with Crippen molar-refractivity contribution in [1.29, 1.82) is 0 Å². The van der Waals surface area contributed by atoms with Crippen LogP contribution < -0.4 is 4.90 Å². The molecule has 0 bridgehead atoms. The van der Waals surface area contributed by atoms with Crippen molar-refractivity contribution in [3.63, 3.8) is 0 Å². The Hall–Kier alpha value is -2.29. The van der Waals surface area contributed by atoms with E-state index in [4.69, 9.17) is 0 Å². The smallest absolute Gasteiger partial charge is 0.324 e. The van der Waals surface area contributed by atoms with Crippen molar-refractivity contribution in [2.24, 2.45) is 5.92 Å². The third kappa shape index (κ3) is 3.92. The number of piperidine rings is 1. The van der Waals surface area contributed by atoms with Crippen LogP contribution in [0.4, 0.5) is 10.5 Å². The van der Waals surface area contributed by atoms with Crippen molar-refractivity contribution in [1.82, 2.24) is 4.90 Å². The van der Waals surface area contributed by atoms with Crippen LogP contribution in [0.5, 0.6) is 0 Å². The molecule has 2 aromatic rings. The van der Waals surface area contributed by atoms with Gasteiger partial charge in [-0.05, 0) is 36.5 Å². The second kappa shape index (κ2) is 7.32. The second-order valence-corrected chi connectivity index (χ2v) is 6.38. The van der Waals surface area contributed by atoms with Gasteiger partial charge in [0, 0.05) is 18.8 Å². The molecule has 0 aliphatic carbocycles. The average Bonchev–Trinajstić information content (AvgIpc) is 2.61. The summed E-state index contributed by atoms with van der Waals surface area (Å²) in [7, 11) is 0. The van der Waals surface area contributed by atoms with Crippen LogP contribution in [-0.4, -0.2) is 24.0 Å². The molecule has 1 atom stereocenters. The summed E-state index contributed by atoms with van der Waals surface area (Å²) in [6.07, 6.45) is 2.31. The van der Waals surface area contributed by atoms with E-state index in [0.29, 0.717) is 12.5 Å². The monoisotopic (exact) mass is 308 g/mol. The Labute approximate surface area is 138 Å². The normalized spacial score (nSPS) is 17.8. The van der Waals surface area contributed by atoms with Crippen LogP contribution in [0, 0.1) is 5.92 Å². The van der Waals surface area contributed by atoms with E-state index in [-0.39, 0.29) is 6.03 Å². The van der Waals surface area contributed by atoms with E-state index >= 15 is 0 Å². The Morgan fingerprint density at radius 2 is 1.74 bits per heavy atom. The summed E-state index contributed by atoms with van der Waals surface area (Å²) in [5, 5.41) is 0. The van der Waals surface area contributed by atoms with Crippen LogP contribution >= 0.6 is 0 Å². The first-order valence-electron chi connectivity index (χ1n) is 8.39. The largest absolute Gasteiger partial charge is 0.324 e. The zero-order chi connectivity index (χ0) is 16.1. The lowest BCUT2D eigenvalue weighted by molar-refractivity contribution is 0.175. The number of rotatable bonds is 3. The Bertz CT molecular complexity index is 627. The summed E-state index contributed by atoms with van der Waals surface area (Å²) >= 11 is 0. The van der Waals surface area contributed by atoms with Crippen molar-refractivity contribution in [3.8, 4) is 0 Å². The van der Waals surface area contributed by atoms with Gasteiger partial charge in [-0.3, -0.25) is 4.90 Å². The van der Waals surface area contributed by atoms with Crippen molar-refractivity contribution < 1.29 is 4.79 Å². The quantitative estimate of drug-likeness (QED) is 0.816. The van der Waals surface area contributed by atoms with Gasteiger partial charge in [0.1, 0.15) is 0 Å². The fourth-order valence-corrected chi connectivity index (χ4v) is 3.18. The summed E-state index contributed by atoms with van der Waals surface area (Å²) in [6, 6.07) is 20.3. The van der Waals surface area contributed by atoms with E-state index in [9.17, 15) is 4.79 Å². The van der Waals surface area contributed by atoms with Crippen molar-refractivity contribution in [3.05, 3.63) is 66.2 Å². The number of likely N-dealkylation sites (tertiary alicyclic amines) is 1. The van der Waals surface area contributed by atoms with Gasteiger partial charge in [0.2, 0.25) is 0 Å². The third-order valence-electron chi connectivity index (χ3n) is 4.41. The Kier molecular flexibility index (Phi) is 4.96. The van der Waals surface area contributed by atoms with Crippen LogP contribution in [0.2, 0.25) is 0 Å². The standard InChI is InChI=1S/C20H24N2O/c1-17-9-8-14-21(15-17)20(23)22(19-12-6-3-7-13-19)16-18-10-4-2-5-11-18/h2-7,10-13,17H,8-9,14-16H2,1H3. The summed E-state index contributed by atoms with van der Waals surface area (Å²) < 4.78 is 0. The van der Waals surface area contributed by atoms with E-state index in [1.165, 1.54) is 6.42 Å². The molecule has 3 heteroatoms. The number of carbonyl (C=O) groups is 1. The fraction of sp³-hybridized carbons (Fsp3) is 0.350. The molecular weight excluding hydrogens is 284 g/mol. The van der Waals surface area contributed by atoms with E-state index in [0.717, 1.165) is 30.8 Å². The maximum Gasteiger partial charge on any atom is 0.324 e. The topological polar surface area (TPSA) is 23.6 Å². The zero-order valence-electron chi connectivity index (χ0n) is 13.7. The zero-order valence-corrected chi connectivity index (χ0v) is 13.7. The summed E-state index contributed by atoms with van der Waals surface area (Å²) in [4.78, 5) is 17.0. The molecular formula is C20H24N2O. The molecule has 1 aliphatic rings. The van der Waals surface area contributed by atoms with E-state index in [2.05, 4.69) is 19.1 Å². The molecule has 2 aromatic carbocycles. The molecule has 1 saturated heterocycles. The molecule has 1 fully saturated rings. The van der Waals surface area contributed by atoms with Crippen LogP contribution in [0.3, 0.4) is 0 Å². The van der Waals surface area contributed by atoms with Gasteiger partial charge in [-0.15, -0.1) is 0 Å². The Morgan fingerprint density at radius 1 is 1.09 bits per heavy atom. The Balaban J connectivity index is 1.84. The van der Waals surface area contributed by atoms with Gasteiger partial charge in [0.05, 0.1) is 6.54 Å². The molecule has 0 saturated carbocycles. The van der Waals surface area contributed by atoms with Crippen LogP contribution in [0.15, 0.2) is 60.7 Å².